The summed E-state index contributed by atoms with van der Waals surface area (Å²) in [6.45, 7) is 6.52. The largest absolute Gasteiger partial charge is 0.462 e. The summed E-state index contributed by atoms with van der Waals surface area (Å²) in [7, 11) is 3.38. The molecule has 1 saturated heterocycles. The summed E-state index contributed by atoms with van der Waals surface area (Å²) in [5, 5.41) is 23.0. The molecule has 6 aliphatic rings. The topological polar surface area (TPSA) is 115 Å². The predicted molar refractivity (Wildman–Crippen MR) is 127 cm³/mol. The zero-order valence-electron chi connectivity index (χ0n) is 22.0. The molecule has 0 amide bonds. The summed E-state index contributed by atoms with van der Waals surface area (Å²) in [5.74, 6) is -1.41. The van der Waals surface area contributed by atoms with Gasteiger partial charge in [0.05, 0.1) is 24.9 Å². The van der Waals surface area contributed by atoms with Gasteiger partial charge < -0.3 is 29.2 Å². The SMILES string of the molecule is CCN1C[C@]2(CO)CCC(O)[C@@]34[C@@H]5C[C@@H]6C(OC)C[C@@](OC(C)=O)([C@H]5C6OC(C)=O)[C@@H](C(OC)[C@H]23)[C@@H]14. The van der Waals surface area contributed by atoms with Crippen LogP contribution < -0.4 is 0 Å². The first-order valence-electron chi connectivity index (χ1n) is 13.6. The van der Waals surface area contributed by atoms with Crippen molar-refractivity contribution >= 4 is 11.9 Å². The minimum Gasteiger partial charge on any atom is -0.462 e. The Balaban J connectivity index is 1.65. The van der Waals surface area contributed by atoms with Crippen molar-refractivity contribution < 1.29 is 38.7 Å². The number of hydrogen-bond acceptors (Lipinski definition) is 9. The molecule has 5 aliphatic carbocycles. The molecule has 36 heavy (non-hydrogen) atoms. The van der Waals surface area contributed by atoms with Gasteiger partial charge in [-0.3, -0.25) is 14.5 Å². The standard InChI is InChI=1S/C27H41NO8/c1-6-28-11-25(12-29)8-7-18(32)27-16-9-15-17(33-4)10-26(36-14(3)31,19(16)21(15)35-13(2)30)20(24(27)28)22(34-5)23(25)27/h15-24,29,32H,6-12H2,1-5H3/t15-,16-,17?,18?,19-,20+,21?,22?,23-,24-,25+,26-,27+/m1/s1. The Labute approximate surface area is 212 Å². The summed E-state index contributed by atoms with van der Waals surface area (Å²) < 4.78 is 24.9. The zero-order valence-corrected chi connectivity index (χ0v) is 22.0. The summed E-state index contributed by atoms with van der Waals surface area (Å²) >= 11 is 0. The van der Waals surface area contributed by atoms with Gasteiger partial charge in [-0.05, 0) is 31.7 Å². The van der Waals surface area contributed by atoms with Crippen molar-refractivity contribution in [2.24, 2.45) is 40.4 Å². The van der Waals surface area contributed by atoms with E-state index in [-0.39, 0.29) is 66.4 Å². The molecule has 9 nitrogen and oxygen atoms in total. The molecule has 7 bridgehead atoms. The van der Waals surface area contributed by atoms with Gasteiger partial charge in [0.15, 0.2) is 0 Å². The van der Waals surface area contributed by atoms with Crippen LogP contribution in [-0.2, 0) is 28.5 Å². The monoisotopic (exact) mass is 507 g/mol. The number of carbonyl (C=O) groups excluding carboxylic acids is 2. The molecule has 0 aromatic carbocycles. The first-order chi connectivity index (χ1) is 17.2. The van der Waals surface area contributed by atoms with Crippen LogP contribution in [0.1, 0.15) is 46.5 Å². The van der Waals surface area contributed by atoms with E-state index in [1.54, 1.807) is 14.2 Å². The van der Waals surface area contributed by atoms with Crippen LogP contribution in [0.3, 0.4) is 0 Å². The van der Waals surface area contributed by atoms with Gasteiger partial charge in [0.1, 0.15) is 11.7 Å². The number of likely N-dealkylation sites (tertiary alicyclic amines) is 1. The minimum atomic E-state index is -0.961. The van der Waals surface area contributed by atoms with E-state index >= 15 is 0 Å². The minimum absolute atomic E-state index is 0.0252. The highest BCUT2D eigenvalue weighted by atomic mass is 16.6. The maximum Gasteiger partial charge on any atom is 0.303 e. The Hall–Kier alpha value is -1.26. The van der Waals surface area contributed by atoms with Crippen LogP contribution in [0, 0.1) is 40.4 Å². The first kappa shape index (κ1) is 25.0. The van der Waals surface area contributed by atoms with Crippen molar-refractivity contribution in [2.45, 2.75) is 82.5 Å². The normalized spacial score (nSPS) is 54.3. The van der Waals surface area contributed by atoms with Crippen LogP contribution in [0.5, 0.6) is 0 Å². The van der Waals surface area contributed by atoms with Gasteiger partial charge in [0, 0.05) is 81.6 Å². The van der Waals surface area contributed by atoms with Crippen LogP contribution in [0.25, 0.3) is 0 Å². The fourth-order valence-electron chi connectivity index (χ4n) is 11.1. The van der Waals surface area contributed by atoms with E-state index in [0.29, 0.717) is 12.8 Å². The van der Waals surface area contributed by atoms with Crippen molar-refractivity contribution in [2.75, 3.05) is 33.9 Å². The third-order valence-electron chi connectivity index (χ3n) is 11.6. The molecule has 13 atom stereocenters. The van der Waals surface area contributed by atoms with Crippen molar-refractivity contribution in [1.29, 1.82) is 0 Å². The van der Waals surface area contributed by atoms with E-state index in [2.05, 4.69) is 11.8 Å². The van der Waals surface area contributed by atoms with Gasteiger partial charge >= 0.3 is 11.9 Å². The number of fused-ring (bicyclic) bond motifs is 2. The quantitative estimate of drug-likeness (QED) is 0.508. The van der Waals surface area contributed by atoms with Gasteiger partial charge in [-0.1, -0.05) is 6.92 Å². The average molecular weight is 508 g/mol. The molecule has 9 heteroatoms. The first-order valence-corrected chi connectivity index (χ1v) is 13.6. The number of methoxy groups -OCH3 is 2. The number of carbonyl (C=O) groups is 2. The lowest BCUT2D eigenvalue weighted by molar-refractivity contribution is -0.277. The van der Waals surface area contributed by atoms with Crippen molar-refractivity contribution in [3.05, 3.63) is 0 Å². The van der Waals surface area contributed by atoms with E-state index in [0.717, 1.165) is 25.9 Å². The number of esters is 2. The number of ether oxygens (including phenoxy) is 4. The molecule has 1 heterocycles. The summed E-state index contributed by atoms with van der Waals surface area (Å²) in [5.41, 5.74) is -1.92. The molecule has 2 N–H and O–H groups in total. The van der Waals surface area contributed by atoms with Crippen molar-refractivity contribution in [1.82, 2.24) is 4.90 Å². The van der Waals surface area contributed by atoms with E-state index in [1.165, 1.54) is 13.8 Å². The van der Waals surface area contributed by atoms with E-state index in [1.807, 2.05) is 0 Å². The second-order valence-corrected chi connectivity index (χ2v) is 12.4. The van der Waals surface area contributed by atoms with Crippen LogP contribution in [0.4, 0.5) is 0 Å². The van der Waals surface area contributed by atoms with Crippen LogP contribution in [0.2, 0.25) is 0 Å². The van der Waals surface area contributed by atoms with Crippen LogP contribution in [0.15, 0.2) is 0 Å². The summed E-state index contributed by atoms with van der Waals surface area (Å²) in [6, 6.07) is -0.0691. The second kappa shape index (κ2) is 8.12. The number of aliphatic hydroxyl groups excluding tert-OH is 2. The molecule has 6 rings (SSSR count). The molecular formula is C27H41NO8. The molecule has 1 aliphatic heterocycles. The molecule has 6 fully saturated rings. The lowest BCUT2D eigenvalue weighted by Gasteiger charge is -2.68. The second-order valence-electron chi connectivity index (χ2n) is 12.4. The molecule has 0 aromatic rings. The van der Waals surface area contributed by atoms with Gasteiger partial charge in [0.25, 0.3) is 0 Å². The molecule has 4 unspecified atom stereocenters. The maximum atomic E-state index is 12.8. The third-order valence-corrected chi connectivity index (χ3v) is 11.6. The molecule has 0 aromatic heterocycles. The van der Waals surface area contributed by atoms with Gasteiger partial charge in [-0.2, -0.15) is 0 Å². The Morgan fingerprint density at radius 1 is 1.08 bits per heavy atom. The Bertz CT molecular complexity index is 945. The van der Waals surface area contributed by atoms with Gasteiger partial charge in [-0.25, -0.2) is 0 Å². The molecule has 0 radical (unpaired) electrons. The number of hydrogen-bond donors (Lipinski definition) is 2. The van der Waals surface area contributed by atoms with E-state index in [9.17, 15) is 19.8 Å². The molecular weight excluding hydrogens is 466 g/mol. The lowest BCUT2D eigenvalue weighted by Crippen LogP contribution is -2.76. The smallest absolute Gasteiger partial charge is 0.303 e. The Morgan fingerprint density at radius 2 is 1.83 bits per heavy atom. The van der Waals surface area contributed by atoms with Crippen molar-refractivity contribution in [3.63, 3.8) is 0 Å². The lowest BCUT2D eigenvalue weighted by atomic mass is 9.43. The highest BCUT2D eigenvalue weighted by Crippen LogP contribution is 2.79. The number of piperidine rings is 1. The molecule has 1 spiro atoms. The van der Waals surface area contributed by atoms with E-state index < -0.39 is 28.6 Å². The molecule has 202 valence electrons. The molecule has 5 saturated carbocycles. The van der Waals surface area contributed by atoms with Crippen molar-refractivity contribution in [3.8, 4) is 0 Å². The fraction of sp³-hybridized carbons (Fsp3) is 0.926. The van der Waals surface area contributed by atoms with Crippen LogP contribution in [-0.4, -0.2) is 97.0 Å². The highest BCUT2D eigenvalue weighted by Gasteiger charge is 2.87. The summed E-state index contributed by atoms with van der Waals surface area (Å²) in [4.78, 5) is 27.6. The Kier molecular flexibility index (Phi) is 5.65. The maximum absolute atomic E-state index is 12.8. The van der Waals surface area contributed by atoms with Crippen LogP contribution >= 0.6 is 0 Å². The number of aliphatic hydroxyl groups is 2. The number of rotatable bonds is 6. The van der Waals surface area contributed by atoms with E-state index in [4.69, 9.17) is 18.9 Å². The number of nitrogens with zero attached hydrogens (tertiary/aromatic N) is 1. The highest BCUT2D eigenvalue weighted by molar-refractivity contribution is 5.68. The average Bonchev–Trinajstić information content (AvgIpc) is 3.26. The van der Waals surface area contributed by atoms with Gasteiger partial charge in [0.2, 0.25) is 0 Å². The summed E-state index contributed by atoms with van der Waals surface area (Å²) in [6.07, 6.45) is 0.966. The zero-order chi connectivity index (χ0) is 25.8. The predicted octanol–water partition coefficient (Wildman–Crippen LogP) is 0.990. The Morgan fingerprint density at radius 3 is 2.42 bits per heavy atom. The van der Waals surface area contributed by atoms with Gasteiger partial charge in [-0.15, -0.1) is 0 Å². The fourth-order valence-corrected chi connectivity index (χ4v) is 11.1. The third kappa shape index (κ3) is 2.69.